The molecule has 110 valence electrons. The second kappa shape index (κ2) is 6.87. The van der Waals surface area contributed by atoms with Crippen LogP contribution in [0, 0.1) is 11.3 Å². The Morgan fingerprint density at radius 2 is 2.33 bits per heavy atom. The summed E-state index contributed by atoms with van der Waals surface area (Å²) < 4.78 is 2.00. The molecule has 0 spiro atoms. The smallest absolute Gasteiger partial charge is 0.313 e. The van der Waals surface area contributed by atoms with Crippen LogP contribution in [0.3, 0.4) is 0 Å². The van der Waals surface area contributed by atoms with Gasteiger partial charge in [-0.25, -0.2) is 4.98 Å². The van der Waals surface area contributed by atoms with Crippen LogP contribution in [0.5, 0.6) is 0 Å². The van der Waals surface area contributed by atoms with Crippen LogP contribution in [-0.2, 0) is 11.3 Å². The summed E-state index contributed by atoms with van der Waals surface area (Å²) in [6, 6.07) is 7.46. The zero-order chi connectivity index (χ0) is 15.4. The van der Waals surface area contributed by atoms with Crippen molar-refractivity contribution in [3.05, 3.63) is 23.8 Å². The number of rotatable bonds is 6. The number of thioether (sulfide) groups is 2. The maximum atomic E-state index is 10.8. The van der Waals surface area contributed by atoms with Crippen molar-refractivity contribution in [2.24, 2.45) is 0 Å². The van der Waals surface area contributed by atoms with Crippen molar-refractivity contribution in [1.29, 1.82) is 5.26 Å². The first-order chi connectivity index (χ1) is 10.0. The van der Waals surface area contributed by atoms with E-state index in [2.05, 4.69) is 18.0 Å². The van der Waals surface area contributed by atoms with Gasteiger partial charge < -0.3 is 9.67 Å². The van der Waals surface area contributed by atoms with Crippen LogP contribution in [0.15, 0.2) is 23.4 Å². The van der Waals surface area contributed by atoms with E-state index in [1.165, 1.54) is 11.8 Å². The molecule has 0 aliphatic rings. The van der Waals surface area contributed by atoms with Gasteiger partial charge in [-0.15, -0.1) is 0 Å². The molecule has 21 heavy (non-hydrogen) atoms. The summed E-state index contributed by atoms with van der Waals surface area (Å²) in [5.74, 6) is -0.892. The molecule has 1 heterocycles. The first-order valence-electron chi connectivity index (χ1n) is 6.33. The Morgan fingerprint density at radius 3 is 2.95 bits per heavy atom. The highest BCUT2D eigenvalue weighted by molar-refractivity contribution is 7.99. The number of nitrogens with zero attached hydrogens (tertiary/aromatic N) is 3. The van der Waals surface area contributed by atoms with E-state index in [9.17, 15) is 4.79 Å². The summed E-state index contributed by atoms with van der Waals surface area (Å²) in [6.45, 7) is 2.84. The summed E-state index contributed by atoms with van der Waals surface area (Å²) in [5.41, 5.74) is 2.24. The molecule has 0 aliphatic heterocycles. The predicted octanol–water partition coefficient (Wildman–Crippen LogP) is 2.84. The Morgan fingerprint density at radius 1 is 1.57 bits per heavy atom. The Hall–Kier alpha value is -1.65. The van der Waals surface area contributed by atoms with Crippen LogP contribution in [0.1, 0.15) is 12.5 Å². The molecular formula is C14H15N3O2S2. The molecule has 1 atom stereocenters. The molecule has 0 bridgehead atoms. The molecule has 2 aromatic rings. The third kappa shape index (κ3) is 3.71. The molecule has 1 aromatic carbocycles. The van der Waals surface area contributed by atoms with E-state index in [1.54, 1.807) is 30.0 Å². The molecular weight excluding hydrogens is 306 g/mol. The van der Waals surface area contributed by atoms with Crippen LogP contribution in [0.4, 0.5) is 0 Å². The summed E-state index contributed by atoms with van der Waals surface area (Å²) in [6.07, 6.45) is 2.04. The fourth-order valence-corrected chi connectivity index (χ4v) is 2.96. The highest BCUT2D eigenvalue weighted by Gasteiger charge is 2.15. The standard InChI is InChI=1S/C14H15N3O2S2/c1-9(20-2)7-17-12-5-10(6-15)3-4-11(12)16-14(17)21-8-13(18)19/h3-5,9H,7-8H2,1-2H3,(H,18,19). The van der Waals surface area contributed by atoms with Crippen molar-refractivity contribution in [2.45, 2.75) is 23.9 Å². The molecule has 0 aliphatic carbocycles. The van der Waals surface area contributed by atoms with Gasteiger partial charge in [-0.05, 0) is 24.5 Å². The van der Waals surface area contributed by atoms with Gasteiger partial charge in [0.25, 0.3) is 0 Å². The fourth-order valence-electron chi connectivity index (χ4n) is 1.91. The fraction of sp³-hybridized carbons (Fsp3) is 0.357. The lowest BCUT2D eigenvalue weighted by Crippen LogP contribution is -2.11. The number of carboxylic acid groups (broad SMARTS) is 1. The molecule has 0 saturated heterocycles. The third-order valence-electron chi connectivity index (χ3n) is 3.01. The first kappa shape index (κ1) is 15.7. The van der Waals surface area contributed by atoms with Crippen molar-refractivity contribution >= 4 is 40.5 Å². The highest BCUT2D eigenvalue weighted by atomic mass is 32.2. The Kier molecular flexibility index (Phi) is 5.15. The van der Waals surface area contributed by atoms with Crippen LogP contribution in [0.2, 0.25) is 0 Å². The number of hydrogen-bond donors (Lipinski definition) is 1. The van der Waals surface area contributed by atoms with Crippen LogP contribution < -0.4 is 0 Å². The topological polar surface area (TPSA) is 78.9 Å². The molecule has 5 nitrogen and oxygen atoms in total. The van der Waals surface area contributed by atoms with E-state index >= 15 is 0 Å². The number of carboxylic acids is 1. The van der Waals surface area contributed by atoms with E-state index < -0.39 is 5.97 Å². The van der Waals surface area contributed by atoms with Gasteiger partial charge in [-0.3, -0.25) is 4.79 Å². The first-order valence-corrected chi connectivity index (χ1v) is 8.60. The number of imidazole rings is 1. The number of carbonyl (C=O) groups is 1. The Balaban J connectivity index is 2.47. The summed E-state index contributed by atoms with van der Waals surface area (Å²) in [5, 5.41) is 18.9. The zero-order valence-electron chi connectivity index (χ0n) is 11.7. The SMILES string of the molecule is CSC(C)Cn1c(SCC(=O)O)nc2ccc(C#N)cc21. The summed E-state index contributed by atoms with van der Waals surface area (Å²) in [7, 11) is 0. The van der Waals surface area contributed by atoms with Crippen LogP contribution in [-0.4, -0.2) is 37.9 Å². The Bertz CT molecular complexity index is 706. The third-order valence-corrected chi connectivity index (χ3v) is 4.92. The van der Waals surface area contributed by atoms with Crippen LogP contribution in [0.25, 0.3) is 11.0 Å². The summed E-state index contributed by atoms with van der Waals surface area (Å²) >= 11 is 2.94. The number of nitriles is 1. The van der Waals surface area contributed by atoms with Crippen molar-refractivity contribution in [3.8, 4) is 6.07 Å². The number of benzene rings is 1. The molecule has 0 radical (unpaired) electrons. The van der Waals surface area contributed by atoms with E-state index in [0.717, 1.165) is 17.6 Å². The van der Waals surface area contributed by atoms with Gasteiger partial charge in [0.15, 0.2) is 5.16 Å². The van der Waals surface area contributed by atoms with Gasteiger partial charge in [0.05, 0.1) is 28.4 Å². The highest BCUT2D eigenvalue weighted by Crippen LogP contribution is 2.26. The van der Waals surface area contributed by atoms with Gasteiger partial charge in [0, 0.05) is 11.8 Å². The average Bonchev–Trinajstić information content (AvgIpc) is 2.82. The minimum atomic E-state index is -0.866. The minimum Gasteiger partial charge on any atom is -0.481 e. The lowest BCUT2D eigenvalue weighted by molar-refractivity contribution is -0.133. The Labute approximate surface area is 131 Å². The van der Waals surface area contributed by atoms with E-state index in [1.807, 2.05) is 10.8 Å². The molecule has 2 rings (SSSR count). The lowest BCUT2D eigenvalue weighted by atomic mass is 10.2. The molecule has 1 unspecified atom stereocenters. The van der Waals surface area contributed by atoms with Gasteiger partial charge in [0.2, 0.25) is 0 Å². The van der Waals surface area contributed by atoms with Crippen LogP contribution >= 0.6 is 23.5 Å². The van der Waals surface area contributed by atoms with E-state index in [0.29, 0.717) is 16.0 Å². The number of hydrogen-bond acceptors (Lipinski definition) is 5. The van der Waals surface area contributed by atoms with E-state index in [4.69, 9.17) is 10.4 Å². The zero-order valence-corrected chi connectivity index (χ0v) is 13.4. The van der Waals surface area contributed by atoms with Gasteiger partial charge in [-0.1, -0.05) is 18.7 Å². The molecule has 0 fully saturated rings. The number of aliphatic carboxylic acids is 1. The second-order valence-corrected chi connectivity index (χ2v) is 6.77. The molecule has 7 heteroatoms. The van der Waals surface area contributed by atoms with Gasteiger partial charge in [-0.2, -0.15) is 17.0 Å². The van der Waals surface area contributed by atoms with Gasteiger partial charge >= 0.3 is 5.97 Å². The minimum absolute atomic E-state index is 0.0257. The maximum Gasteiger partial charge on any atom is 0.313 e. The molecule has 0 amide bonds. The van der Waals surface area contributed by atoms with Gasteiger partial charge in [0.1, 0.15) is 0 Å². The predicted molar refractivity (Wildman–Crippen MR) is 85.8 cm³/mol. The number of fused-ring (bicyclic) bond motifs is 1. The van der Waals surface area contributed by atoms with Crippen molar-refractivity contribution in [3.63, 3.8) is 0 Å². The van der Waals surface area contributed by atoms with Crippen molar-refractivity contribution < 1.29 is 9.90 Å². The summed E-state index contributed by atoms with van der Waals surface area (Å²) in [4.78, 5) is 15.3. The van der Waals surface area contributed by atoms with E-state index in [-0.39, 0.29) is 5.75 Å². The molecule has 1 N–H and O–H groups in total. The molecule has 1 aromatic heterocycles. The second-order valence-electron chi connectivity index (χ2n) is 4.55. The quantitative estimate of drug-likeness (QED) is 0.824. The maximum absolute atomic E-state index is 10.8. The lowest BCUT2D eigenvalue weighted by Gasteiger charge is -2.12. The van der Waals surface area contributed by atoms with Crippen molar-refractivity contribution in [2.75, 3.05) is 12.0 Å². The largest absolute Gasteiger partial charge is 0.481 e. The molecule has 0 saturated carbocycles. The van der Waals surface area contributed by atoms with Crippen molar-refractivity contribution in [1.82, 2.24) is 9.55 Å². The monoisotopic (exact) mass is 321 g/mol. The average molecular weight is 321 g/mol. The number of aromatic nitrogens is 2. The normalized spacial score (nSPS) is 12.2.